The molecule has 0 aliphatic heterocycles. The first-order valence-electron chi connectivity index (χ1n) is 9.06. The SMILES string of the molecule is CC1CCc2nc3sc(C(=O)Nc4nc5ccc(Br)cc5s4)c(N)c3cc2C1. The normalized spacial score (nSPS) is 16.4. The summed E-state index contributed by atoms with van der Waals surface area (Å²) in [5.74, 6) is 0.429. The Hall–Kier alpha value is -2.03. The molecule has 1 amide bonds. The Morgan fingerprint density at radius 1 is 1.29 bits per heavy atom. The van der Waals surface area contributed by atoms with Crippen molar-refractivity contribution in [1.82, 2.24) is 9.97 Å². The molecular weight excluding hydrogens is 456 g/mol. The Balaban J connectivity index is 1.49. The van der Waals surface area contributed by atoms with Crippen LogP contribution in [0.4, 0.5) is 10.8 Å². The van der Waals surface area contributed by atoms with Gasteiger partial charge in [-0.15, -0.1) is 11.3 Å². The van der Waals surface area contributed by atoms with Gasteiger partial charge in [-0.25, -0.2) is 9.97 Å². The van der Waals surface area contributed by atoms with E-state index in [1.54, 1.807) is 0 Å². The largest absolute Gasteiger partial charge is 0.397 e. The molecule has 1 aliphatic carbocycles. The number of carbonyl (C=O) groups is 1. The zero-order chi connectivity index (χ0) is 19.4. The Morgan fingerprint density at radius 3 is 3.00 bits per heavy atom. The first kappa shape index (κ1) is 18.0. The van der Waals surface area contributed by atoms with Gasteiger partial charge in [-0.2, -0.15) is 0 Å². The van der Waals surface area contributed by atoms with E-state index in [0.717, 1.165) is 49.9 Å². The topological polar surface area (TPSA) is 80.9 Å². The number of rotatable bonds is 2. The molecule has 0 saturated carbocycles. The van der Waals surface area contributed by atoms with Gasteiger partial charge in [0.15, 0.2) is 5.13 Å². The number of pyridine rings is 1. The van der Waals surface area contributed by atoms with Crippen LogP contribution in [-0.2, 0) is 12.8 Å². The van der Waals surface area contributed by atoms with Gasteiger partial charge in [-0.3, -0.25) is 10.1 Å². The van der Waals surface area contributed by atoms with Gasteiger partial charge in [-0.05, 0) is 55.0 Å². The fraction of sp³-hybridized carbons (Fsp3) is 0.250. The minimum Gasteiger partial charge on any atom is -0.397 e. The van der Waals surface area contributed by atoms with E-state index in [2.05, 4.69) is 39.2 Å². The number of benzene rings is 1. The third-order valence-electron chi connectivity index (χ3n) is 5.11. The highest BCUT2D eigenvalue weighted by molar-refractivity contribution is 9.10. The van der Waals surface area contributed by atoms with Gasteiger partial charge in [0, 0.05) is 15.6 Å². The van der Waals surface area contributed by atoms with Crippen LogP contribution in [-0.4, -0.2) is 15.9 Å². The number of nitrogens with one attached hydrogen (secondary N) is 1. The monoisotopic (exact) mass is 472 g/mol. The maximum Gasteiger partial charge on any atom is 0.269 e. The predicted octanol–water partition coefficient (Wildman–Crippen LogP) is 5.63. The van der Waals surface area contributed by atoms with E-state index in [0.29, 0.717) is 21.6 Å². The van der Waals surface area contributed by atoms with Crippen LogP contribution in [0.3, 0.4) is 0 Å². The van der Waals surface area contributed by atoms with Gasteiger partial charge in [0.1, 0.15) is 9.71 Å². The maximum atomic E-state index is 12.9. The second kappa shape index (κ2) is 6.79. The number of hydrogen-bond donors (Lipinski definition) is 2. The van der Waals surface area contributed by atoms with Crippen LogP contribution in [0.5, 0.6) is 0 Å². The molecule has 0 saturated heterocycles. The number of hydrogen-bond acceptors (Lipinski definition) is 6. The molecule has 3 heterocycles. The highest BCUT2D eigenvalue weighted by Gasteiger charge is 2.22. The first-order chi connectivity index (χ1) is 13.5. The van der Waals surface area contributed by atoms with Crippen LogP contribution in [0.2, 0.25) is 0 Å². The molecule has 5 nitrogen and oxygen atoms in total. The molecule has 4 aromatic rings. The Bertz CT molecular complexity index is 1250. The standard InChI is InChI=1S/C20H17BrN4OS2/c1-9-2-4-13-10(6-9)7-12-16(22)17(28-19(12)23-13)18(26)25-20-24-14-5-3-11(21)8-15(14)27-20/h3,5,7-9H,2,4,6,22H2,1H3,(H,24,25,26). The molecule has 1 aliphatic rings. The predicted molar refractivity (Wildman–Crippen MR) is 120 cm³/mol. The fourth-order valence-corrected chi connectivity index (χ4v) is 6.05. The molecule has 3 N–H and O–H groups in total. The summed E-state index contributed by atoms with van der Waals surface area (Å²) in [4.78, 5) is 23.5. The zero-order valence-electron chi connectivity index (χ0n) is 15.1. The summed E-state index contributed by atoms with van der Waals surface area (Å²) in [5, 5.41) is 4.35. The molecule has 0 radical (unpaired) electrons. The number of thiophene rings is 1. The average Bonchev–Trinajstić information content (AvgIpc) is 3.20. The van der Waals surface area contributed by atoms with Crippen molar-refractivity contribution in [1.29, 1.82) is 0 Å². The number of nitrogens with two attached hydrogens (primary N) is 1. The van der Waals surface area contributed by atoms with E-state index in [1.807, 2.05) is 18.2 Å². The smallest absolute Gasteiger partial charge is 0.269 e. The summed E-state index contributed by atoms with van der Waals surface area (Å²) >= 11 is 6.26. The van der Waals surface area contributed by atoms with Gasteiger partial charge in [-0.1, -0.05) is 34.2 Å². The summed E-state index contributed by atoms with van der Waals surface area (Å²) in [5.41, 5.74) is 10.1. The van der Waals surface area contributed by atoms with Crippen LogP contribution in [0.25, 0.3) is 20.4 Å². The van der Waals surface area contributed by atoms with Crippen molar-refractivity contribution in [3.63, 3.8) is 0 Å². The minimum absolute atomic E-state index is 0.232. The lowest BCUT2D eigenvalue weighted by Gasteiger charge is -2.20. The number of amides is 1. The number of nitrogens with zero attached hydrogens (tertiary/aromatic N) is 2. The lowest BCUT2D eigenvalue weighted by molar-refractivity contribution is 0.103. The molecular formula is C20H17BrN4OS2. The second-order valence-electron chi connectivity index (χ2n) is 7.22. The highest BCUT2D eigenvalue weighted by Crippen LogP contribution is 2.37. The van der Waals surface area contributed by atoms with Gasteiger partial charge >= 0.3 is 0 Å². The number of thiazole rings is 1. The highest BCUT2D eigenvalue weighted by atomic mass is 79.9. The van der Waals surface area contributed by atoms with Crippen molar-refractivity contribution in [2.75, 3.05) is 11.1 Å². The number of aryl methyl sites for hydroxylation is 1. The lowest BCUT2D eigenvalue weighted by atomic mass is 9.87. The molecule has 142 valence electrons. The van der Waals surface area contributed by atoms with Gasteiger partial charge in [0.2, 0.25) is 0 Å². The van der Waals surface area contributed by atoms with Crippen LogP contribution in [0.1, 0.15) is 34.3 Å². The molecule has 1 atom stereocenters. The van der Waals surface area contributed by atoms with Crippen LogP contribution >= 0.6 is 38.6 Å². The second-order valence-corrected chi connectivity index (χ2v) is 10.2. The molecule has 0 spiro atoms. The van der Waals surface area contributed by atoms with E-state index in [4.69, 9.17) is 10.7 Å². The number of carbonyl (C=O) groups excluding carboxylic acids is 1. The van der Waals surface area contributed by atoms with Crippen LogP contribution in [0, 0.1) is 5.92 Å². The maximum absolute atomic E-state index is 12.9. The van der Waals surface area contributed by atoms with Crippen LogP contribution in [0.15, 0.2) is 28.7 Å². The van der Waals surface area contributed by atoms with Crippen molar-refractivity contribution in [2.45, 2.75) is 26.2 Å². The summed E-state index contributed by atoms with van der Waals surface area (Å²) in [6.45, 7) is 2.26. The third-order valence-corrected chi connectivity index (χ3v) is 7.65. The van der Waals surface area contributed by atoms with Crippen molar-refractivity contribution >= 4 is 75.8 Å². The van der Waals surface area contributed by atoms with Gasteiger partial charge in [0.05, 0.1) is 15.9 Å². The van der Waals surface area contributed by atoms with E-state index < -0.39 is 0 Å². The summed E-state index contributed by atoms with van der Waals surface area (Å²) < 4.78 is 2.00. The van der Waals surface area contributed by atoms with E-state index in [-0.39, 0.29) is 5.91 Å². The fourth-order valence-electron chi connectivity index (χ4n) is 3.65. The van der Waals surface area contributed by atoms with Crippen molar-refractivity contribution in [2.24, 2.45) is 5.92 Å². The Kier molecular flexibility index (Phi) is 4.37. The first-order valence-corrected chi connectivity index (χ1v) is 11.5. The zero-order valence-corrected chi connectivity index (χ0v) is 18.3. The molecule has 3 aromatic heterocycles. The van der Waals surface area contributed by atoms with Gasteiger partial charge < -0.3 is 5.73 Å². The molecule has 5 rings (SSSR count). The van der Waals surface area contributed by atoms with E-state index >= 15 is 0 Å². The van der Waals surface area contributed by atoms with E-state index in [1.165, 1.54) is 28.2 Å². The number of aromatic nitrogens is 2. The quantitative estimate of drug-likeness (QED) is 0.396. The van der Waals surface area contributed by atoms with Gasteiger partial charge in [0.25, 0.3) is 5.91 Å². The number of nitrogen functional groups attached to an aromatic ring is 1. The van der Waals surface area contributed by atoms with Crippen molar-refractivity contribution < 1.29 is 4.79 Å². The molecule has 8 heteroatoms. The number of anilines is 2. The molecule has 1 unspecified atom stereocenters. The minimum atomic E-state index is -0.232. The summed E-state index contributed by atoms with van der Waals surface area (Å²) in [6.07, 6.45) is 3.18. The number of halogens is 1. The van der Waals surface area contributed by atoms with Crippen molar-refractivity contribution in [3.05, 3.63) is 44.9 Å². The number of fused-ring (bicyclic) bond motifs is 3. The molecule has 28 heavy (non-hydrogen) atoms. The lowest BCUT2D eigenvalue weighted by Crippen LogP contribution is -2.12. The Labute approximate surface area is 178 Å². The average molecular weight is 473 g/mol. The van der Waals surface area contributed by atoms with E-state index in [9.17, 15) is 4.79 Å². The van der Waals surface area contributed by atoms with Crippen LogP contribution < -0.4 is 11.1 Å². The molecule has 1 aromatic carbocycles. The molecule has 0 fully saturated rings. The molecule has 0 bridgehead atoms. The van der Waals surface area contributed by atoms with Crippen molar-refractivity contribution in [3.8, 4) is 0 Å². The Morgan fingerprint density at radius 2 is 2.14 bits per heavy atom. The summed E-state index contributed by atoms with van der Waals surface area (Å²) in [6, 6.07) is 7.98. The summed E-state index contributed by atoms with van der Waals surface area (Å²) in [7, 11) is 0. The third kappa shape index (κ3) is 3.09.